The van der Waals surface area contributed by atoms with Gasteiger partial charge in [0, 0.05) is 13.1 Å². The molecule has 1 aromatic carbocycles. The highest BCUT2D eigenvalue weighted by Crippen LogP contribution is 2.58. The molecular weight excluding hydrogens is 439 g/mol. The standard InChI is InChI=1S/C22H22F3N5O3/c23-22(24,25)21(6-7-21)19(32)28-10-8-20(33,9-11-28)13-29-14-26-17-16(18(29)31)12-27-30(17)15-4-2-1-3-5-15/h1-5,12,14,33H,6-11,13H2. The molecule has 1 saturated carbocycles. The summed E-state index contributed by atoms with van der Waals surface area (Å²) in [5.74, 6) is -0.911. The van der Waals surface area contributed by atoms with Gasteiger partial charge < -0.3 is 10.0 Å². The SMILES string of the molecule is O=C(N1CCC(O)(Cn2cnc3c(cnn3-c3ccccc3)c2=O)CC1)C1(C(F)(F)F)CC1. The Morgan fingerprint density at radius 1 is 1.09 bits per heavy atom. The van der Waals surface area contributed by atoms with E-state index in [9.17, 15) is 27.9 Å². The maximum absolute atomic E-state index is 13.3. The largest absolute Gasteiger partial charge is 0.403 e. The molecule has 2 aliphatic rings. The number of nitrogens with zero attached hydrogens (tertiary/aromatic N) is 5. The summed E-state index contributed by atoms with van der Waals surface area (Å²) in [7, 11) is 0. The summed E-state index contributed by atoms with van der Waals surface area (Å²) in [6, 6.07) is 9.22. The highest BCUT2D eigenvalue weighted by Gasteiger charge is 2.69. The topological polar surface area (TPSA) is 93.2 Å². The van der Waals surface area contributed by atoms with E-state index in [1.54, 1.807) is 4.68 Å². The Morgan fingerprint density at radius 3 is 2.36 bits per heavy atom. The van der Waals surface area contributed by atoms with E-state index in [0.717, 1.165) is 5.69 Å². The number of carbonyl (C=O) groups is 1. The van der Waals surface area contributed by atoms with E-state index < -0.39 is 23.1 Å². The minimum atomic E-state index is -4.56. The summed E-state index contributed by atoms with van der Waals surface area (Å²) in [5.41, 5.74) is -2.83. The molecule has 174 valence electrons. The number of aromatic nitrogens is 4. The maximum atomic E-state index is 13.3. The van der Waals surface area contributed by atoms with Crippen molar-refractivity contribution in [2.24, 2.45) is 5.41 Å². The van der Waals surface area contributed by atoms with Gasteiger partial charge in [0.1, 0.15) is 17.1 Å². The smallest absolute Gasteiger partial charge is 0.388 e. The molecule has 1 aliphatic heterocycles. The molecule has 0 bridgehead atoms. The van der Waals surface area contributed by atoms with Gasteiger partial charge in [0.2, 0.25) is 5.91 Å². The molecule has 1 aliphatic carbocycles. The van der Waals surface area contributed by atoms with Crippen LogP contribution in [0.15, 0.2) is 47.7 Å². The molecule has 11 heteroatoms. The van der Waals surface area contributed by atoms with Crippen molar-refractivity contribution in [3.05, 3.63) is 53.2 Å². The van der Waals surface area contributed by atoms with Gasteiger partial charge in [0.05, 0.1) is 24.0 Å². The minimum Gasteiger partial charge on any atom is -0.388 e. The molecular formula is C22H22F3N5O3. The number of halogens is 3. The van der Waals surface area contributed by atoms with E-state index in [1.165, 1.54) is 22.0 Å². The number of likely N-dealkylation sites (tertiary alicyclic amines) is 1. The van der Waals surface area contributed by atoms with Crippen molar-refractivity contribution in [3.8, 4) is 5.69 Å². The Hall–Kier alpha value is -3.21. The third-order valence-electron chi connectivity index (χ3n) is 6.70. The molecule has 3 heterocycles. The quantitative estimate of drug-likeness (QED) is 0.644. The van der Waals surface area contributed by atoms with E-state index in [4.69, 9.17) is 0 Å². The zero-order chi connectivity index (χ0) is 23.4. The Balaban J connectivity index is 1.32. The molecule has 5 rings (SSSR count). The van der Waals surface area contributed by atoms with Gasteiger partial charge in [-0.05, 0) is 37.8 Å². The van der Waals surface area contributed by atoms with Crippen molar-refractivity contribution in [2.75, 3.05) is 13.1 Å². The van der Waals surface area contributed by atoms with Crippen molar-refractivity contribution in [1.29, 1.82) is 0 Å². The normalized spacial score (nSPS) is 19.6. The lowest BCUT2D eigenvalue weighted by molar-refractivity contribution is -0.200. The molecule has 33 heavy (non-hydrogen) atoms. The summed E-state index contributed by atoms with van der Waals surface area (Å²) in [6.45, 7) is -0.0647. The van der Waals surface area contributed by atoms with Crippen LogP contribution in [0.25, 0.3) is 16.7 Å². The van der Waals surface area contributed by atoms with Crippen LogP contribution in [0.3, 0.4) is 0 Å². The number of hydrogen-bond acceptors (Lipinski definition) is 5. The Morgan fingerprint density at radius 2 is 1.76 bits per heavy atom. The van der Waals surface area contributed by atoms with E-state index >= 15 is 0 Å². The van der Waals surface area contributed by atoms with E-state index in [0.29, 0.717) is 11.0 Å². The summed E-state index contributed by atoms with van der Waals surface area (Å²) >= 11 is 0. The number of aliphatic hydroxyl groups is 1. The molecule has 0 radical (unpaired) electrons. The van der Waals surface area contributed by atoms with Crippen LogP contribution in [-0.4, -0.2) is 60.1 Å². The number of piperidine rings is 1. The second-order valence-electron chi connectivity index (χ2n) is 8.90. The van der Waals surface area contributed by atoms with Crippen LogP contribution in [0.2, 0.25) is 0 Å². The second kappa shape index (κ2) is 7.41. The fourth-order valence-electron chi connectivity index (χ4n) is 4.47. The number of benzene rings is 1. The number of alkyl halides is 3. The first kappa shape index (κ1) is 21.6. The minimum absolute atomic E-state index is 0.00350. The van der Waals surface area contributed by atoms with Crippen molar-refractivity contribution >= 4 is 16.9 Å². The van der Waals surface area contributed by atoms with Crippen molar-refractivity contribution in [1.82, 2.24) is 24.2 Å². The van der Waals surface area contributed by atoms with Gasteiger partial charge in [0.15, 0.2) is 5.65 Å². The predicted octanol–water partition coefficient (Wildman–Crippen LogP) is 2.28. The summed E-state index contributed by atoms with van der Waals surface area (Å²) in [4.78, 5) is 31.0. The number of carbonyl (C=O) groups excluding carboxylic acids is 1. The van der Waals surface area contributed by atoms with Crippen molar-refractivity contribution < 1.29 is 23.1 Å². The van der Waals surface area contributed by atoms with Crippen LogP contribution in [-0.2, 0) is 11.3 Å². The molecule has 1 N–H and O–H groups in total. The highest BCUT2D eigenvalue weighted by molar-refractivity contribution is 5.86. The Kier molecular flexibility index (Phi) is 4.85. The third kappa shape index (κ3) is 3.60. The first-order valence-electron chi connectivity index (χ1n) is 10.7. The zero-order valence-corrected chi connectivity index (χ0v) is 17.6. The predicted molar refractivity (Wildman–Crippen MR) is 112 cm³/mol. The Bertz CT molecular complexity index is 1260. The lowest BCUT2D eigenvalue weighted by Crippen LogP contribution is -2.53. The second-order valence-corrected chi connectivity index (χ2v) is 8.90. The van der Waals surface area contributed by atoms with E-state index in [-0.39, 0.29) is 50.9 Å². The molecule has 0 unspecified atom stereocenters. The fourth-order valence-corrected chi connectivity index (χ4v) is 4.47. The molecule has 2 fully saturated rings. The molecule has 0 spiro atoms. The van der Waals surface area contributed by atoms with Gasteiger partial charge in [0.25, 0.3) is 5.56 Å². The molecule has 0 atom stereocenters. The summed E-state index contributed by atoms with van der Waals surface area (Å²) in [6.07, 6.45) is -2.03. The number of rotatable bonds is 4. The molecule has 2 aromatic heterocycles. The lowest BCUT2D eigenvalue weighted by Gasteiger charge is -2.39. The number of fused-ring (bicyclic) bond motifs is 1. The molecule has 8 nitrogen and oxygen atoms in total. The van der Waals surface area contributed by atoms with Crippen LogP contribution in [0, 0.1) is 5.41 Å². The highest BCUT2D eigenvalue weighted by atomic mass is 19.4. The number of para-hydroxylation sites is 1. The van der Waals surface area contributed by atoms with Gasteiger partial charge in [-0.2, -0.15) is 18.3 Å². The van der Waals surface area contributed by atoms with Gasteiger partial charge in [-0.15, -0.1) is 0 Å². The van der Waals surface area contributed by atoms with Crippen LogP contribution < -0.4 is 5.56 Å². The average Bonchev–Trinajstić information content (AvgIpc) is 3.50. The molecule has 1 saturated heterocycles. The van der Waals surface area contributed by atoms with Crippen LogP contribution in [0.4, 0.5) is 13.2 Å². The van der Waals surface area contributed by atoms with Crippen LogP contribution >= 0.6 is 0 Å². The molecule has 1 amide bonds. The van der Waals surface area contributed by atoms with E-state index in [1.807, 2.05) is 30.3 Å². The monoisotopic (exact) mass is 461 g/mol. The zero-order valence-electron chi connectivity index (χ0n) is 17.6. The van der Waals surface area contributed by atoms with Gasteiger partial charge in [-0.1, -0.05) is 18.2 Å². The average molecular weight is 461 g/mol. The fraction of sp³-hybridized carbons (Fsp3) is 0.455. The van der Waals surface area contributed by atoms with E-state index in [2.05, 4.69) is 10.1 Å². The Labute approximate surface area is 186 Å². The van der Waals surface area contributed by atoms with Gasteiger partial charge in [-0.3, -0.25) is 14.2 Å². The number of hydrogen-bond donors (Lipinski definition) is 1. The van der Waals surface area contributed by atoms with Gasteiger partial charge in [-0.25, -0.2) is 9.67 Å². The summed E-state index contributed by atoms with van der Waals surface area (Å²) < 4.78 is 42.7. The third-order valence-corrected chi connectivity index (χ3v) is 6.70. The maximum Gasteiger partial charge on any atom is 0.403 e. The lowest BCUT2D eigenvalue weighted by atomic mass is 9.90. The molecule has 3 aromatic rings. The van der Waals surface area contributed by atoms with Crippen molar-refractivity contribution in [2.45, 2.75) is 44.0 Å². The van der Waals surface area contributed by atoms with Crippen molar-refractivity contribution in [3.63, 3.8) is 0 Å². The first-order valence-corrected chi connectivity index (χ1v) is 10.7. The summed E-state index contributed by atoms with van der Waals surface area (Å²) in [5, 5.41) is 15.6. The van der Waals surface area contributed by atoms with Crippen LogP contribution in [0.1, 0.15) is 25.7 Å². The first-order chi connectivity index (χ1) is 15.6. The number of amides is 1. The van der Waals surface area contributed by atoms with Gasteiger partial charge >= 0.3 is 6.18 Å². The van der Waals surface area contributed by atoms with Crippen LogP contribution in [0.5, 0.6) is 0 Å².